The lowest BCUT2D eigenvalue weighted by Gasteiger charge is -2.37. The van der Waals surface area contributed by atoms with Gasteiger partial charge in [-0.3, -0.25) is 9.69 Å². The van der Waals surface area contributed by atoms with Crippen LogP contribution in [0.1, 0.15) is 12.5 Å². The van der Waals surface area contributed by atoms with E-state index in [1.165, 1.54) is 5.56 Å². The number of nitrogens with zero attached hydrogens (tertiary/aromatic N) is 2. The molecule has 3 rings (SSSR count). The molecule has 1 unspecified atom stereocenters. The van der Waals surface area contributed by atoms with Crippen molar-refractivity contribution in [3.05, 3.63) is 60.2 Å². The lowest BCUT2D eigenvalue weighted by molar-refractivity contribution is -0.121. The van der Waals surface area contributed by atoms with E-state index in [-0.39, 0.29) is 11.9 Å². The fourth-order valence-electron chi connectivity index (χ4n) is 3.39. The summed E-state index contributed by atoms with van der Waals surface area (Å²) in [5, 5.41) is 3.00. The predicted molar refractivity (Wildman–Crippen MR) is 109 cm³/mol. The number of ether oxygens (including phenoxy) is 1. The van der Waals surface area contributed by atoms with Crippen LogP contribution in [0.5, 0.6) is 5.75 Å². The standard InChI is InChI=1S/C22H29N3O2/c1-18(22(26)23-20-8-10-21(27-2)11-9-20)25-16-14-24(15-17-25)13-12-19-6-4-3-5-7-19/h3-11,18H,12-17H2,1-2H3,(H,23,26). The van der Waals surface area contributed by atoms with Crippen molar-refractivity contribution in [3.8, 4) is 5.75 Å². The minimum Gasteiger partial charge on any atom is -0.497 e. The molecule has 1 atom stereocenters. The smallest absolute Gasteiger partial charge is 0.241 e. The van der Waals surface area contributed by atoms with Crippen molar-refractivity contribution >= 4 is 11.6 Å². The van der Waals surface area contributed by atoms with Gasteiger partial charge in [-0.15, -0.1) is 0 Å². The summed E-state index contributed by atoms with van der Waals surface area (Å²) < 4.78 is 5.15. The summed E-state index contributed by atoms with van der Waals surface area (Å²) in [5.74, 6) is 0.825. The normalized spacial score (nSPS) is 16.7. The van der Waals surface area contributed by atoms with Crippen LogP contribution in [-0.2, 0) is 11.2 Å². The van der Waals surface area contributed by atoms with Crippen LogP contribution in [0.15, 0.2) is 54.6 Å². The van der Waals surface area contributed by atoms with Gasteiger partial charge in [-0.25, -0.2) is 0 Å². The van der Waals surface area contributed by atoms with Crippen LogP contribution in [0, 0.1) is 0 Å². The molecule has 0 aliphatic carbocycles. The first-order valence-corrected chi connectivity index (χ1v) is 9.61. The zero-order valence-electron chi connectivity index (χ0n) is 16.2. The zero-order chi connectivity index (χ0) is 19.1. The van der Waals surface area contributed by atoms with Crippen molar-refractivity contribution in [2.75, 3.05) is 45.2 Å². The lowest BCUT2D eigenvalue weighted by Crippen LogP contribution is -2.53. The molecular formula is C22H29N3O2. The molecule has 0 bridgehead atoms. The number of hydrogen-bond acceptors (Lipinski definition) is 4. The molecule has 0 saturated carbocycles. The van der Waals surface area contributed by atoms with E-state index in [1.807, 2.05) is 31.2 Å². The molecule has 1 amide bonds. The average Bonchev–Trinajstić information content (AvgIpc) is 2.73. The molecule has 0 radical (unpaired) electrons. The maximum Gasteiger partial charge on any atom is 0.241 e. The summed E-state index contributed by atoms with van der Waals surface area (Å²) >= 11 is 0. The van der Waals surface area contributed by atoms with E-state index < -0.39 is 0 Å². The summed E-state index contributed by atoms with van der Waals surface area (Å²) in [4.78, 5) is 17.3. The molecule has 5 nitrogen and oxygen atoms in total. The maximum atomic E-state index is 12.6. The molecule has 1 heterocycles. The second kappa shape index (κ2) is 9.53. The minimum atomic E-state index is -0.136. The Morgan fingerprint density at radius 3 is 2.33 bits per heavy atom. The van der Waals surface area contributed by atoms with Crippen molar-refractivity contribution in [1.29, 1.82) is 0 Å². The second-order valence-electron chi connectivity index (χ2n) is 7.01. The van der Waals surface area contributed by atoms with Gasteiger partial charge in [0, 0.05) is 38.4 Å². The predicted octanol–water partition coefficient (Wildman–Crippen LogP) is 2.88. The third-order valence-electron chi connectivity index (χ3n) is 5.25. The van der Waals surface area contributed by atoms with Crippen LogP contribution in [0.4, 0.5) is 5.69 Å². The highest BCUT2D eigenvalue weighted by Gasteiger charge is 2.25. The molecule has 1 aliphatic rings. The van der Waals surface area contributed by atoms with Gasteiger partial charge in [0.15, 0.2) is 0 Å². The Balaban J connectivity index is 1.43. The molecule has 1 fully saturated rings. The fourth-order valence-corrected chi connectivity index (χ4v) is 3.39. The largest absolute Gasteiger partial charge is 0.497 e. The Morgan fingerprint density at radius 1 is 1.04 bits per heavy atom. The minimum absolute atomic E-state index is 0.0397. The van der Waals surface area contributed by atoms with E-state index in [0.717, 1.165) is 50.6 Å². The molecule has 2 aromatic rings. The Bertz CT molecular complexity index is 710. The third-order valence-corrected chi connectivity index (χ3v) is 5.25. The van der Waals surface area contributed by atoms with E-state index in [9.17, 15) is 4.79 Å². The second-order valence-corrected chi connectivity index (χ2v) is 7.01. The van der Waals surface area contributed by atoms with Crippen molar-refractivity contribution in [3.63, 3.8) is 0 Å². The van der Waals surface area contributed by atoms with Gasteiger partial charge >= 0.3 is 0 Å². The van der Waals surface area contributed by atoms with Gasteiger partial charge < -0.3 is 15.0 Å². The topological polar surface area (TPSA) is 44.8 Å². The number of piperazine rings is 1. The number of carbonyl (C=O) groups is 1. The summed E-state index contributed by atoms with van der Waals surface area (Å²) in [6.45, 7) is 6.92. The molecule has 27 heavy (non-hydrogen) atoms. The summed E-state index contributed by atoms with van der Waals surface area (Å²) in [7, 11) is 1.63. The van der Waals surface area contributed by atoms with Gasteiger partial charge in [0.25, 0.3) is 0 Å². The van der Waals surface area contributed by atoms with Gasteiger partial charge in [-0.1, -0.05) is 30.3 Å². The molecule has 1 saturated heterocycles. The number of anilines is 1. The number of methoxy groups -OCH3 is 1. The Hall–Kier alpha value is -2.37. The van der Waals surface area contributed by atoms with Crippen LogP contribution in [-0.4, -0.2) is 61.6 Å². The Morgan fingerprint density at radius 2 is 1.70 bits per heavy atom. The number of amides is 1. The quantitative estimate of drug-likeness (QED) is 0.817. The lowest BCUT2D eigenvalue weighted by atomic mass is 10.1. The SMILES string of the molecule is COc1ccc(NC(=O)C(C)N2CCN(CCc3ccccc3)CC2)cc1. The molecule has 144 valence electrons. The highest BCUT2D eigenvalue weighted by Crippen LogP contribution is 2.16. The number of nitrogens with one attached hydrogen (secondary N) is 1. The van der Waals surface area contributed by atoms with Crippen molar-refractivity contribution in [2.24, 2.45) is 0 Å². The van der Waals surface area contributed by atoms with E-state index >= 15 is 0 Å². The van der Waals surface area contributed by atoms with E-state index in [0.29, 0.717) is 0 Å². The van der Waals surface area contributed by atoms with Crippen LogP contribution in [0.3, 0.4) is 0 Å². The molecule has 1 aliphatic heterocycles. The van der Waals surface area contributed by atoms with E-state index in [1.54, 1.807) is 7.11 Å². The van der Waals surface area contributed by atoms with Gasteiger partial charge in [-0.05, 0) is 43.2 Å². The van der Waals surface area contributed by atoms with Crippen LogP contribution < -0.4 is 10.1 Å². The van der Waals surface area contributed by atoms with Crippen molar-refractivity contribution in [1.82, 2.24) is 9.80 Å². The van der Waals surface area contributed by atoms with Gasteiger partial charge in [0.05, 0.1) is 13.2 Å². The third kappa shape index (κ3) is 5.55. The number of benzene rings is 2. The van der Waals surface area contributed by atoms with Crippen molar-refractivity contribution < 1.29 is 9.53 Å². The molecule has 5 heteroatoms. The van der Waals surface area contributed by atoms with E-state index in [2.05, 4.69) is 45.4 Å². The van der Waals surface area contributed by atoms with Crippen LogP contribution in [0.25, 0.3) is 0 Å². The van der Waals surface area contributed by atoms with Gasteiger partial charge in [-0.2, -0.15) is 0 Å². The monoisotopic (exact) mass is 367 g/mol. The fraction of sp³-hybridized carbons (Fsp3) is 0.409. The van der Waals surface area contributed by atoms with E-state index in [4.69, 9.17) is 4.74 Å². The number of rotatable bonds is 7. The molecule has 0 aromatic heterocycles. The first kappa shape index (κ1) is 19.4. The first-order chi connectivity index (χ1) is 13.2. The van der Waals surface area contributed by atoms with Crippen LogP contribution in [0.2, 0.25) is 0 Å². The number of carbonyl (C=O) groups excluding carboxylic acids is 1. The molecule has 2 aromatic carbocycles. The molecule has 1 N–H and O–H groups in total. The summed E-state index contributed by atoms with van der Waals surface area (Å²) in [5.41, 5.74) is 2.18. The molecule has 0 spiro atoms. The van der Waals surface area contributed by atoms with Gasteiger partial charge in [0.2, 0.25) is 5.91 Å². The van der Waals surface area contributed by atoms with Crippen LogP contribution >= 0.6 is 0 Å². The zero-order valence-corrected chi connectivity index (χ0v) is 16.2. The Kier molecular flexibility index (Phi) is 6.85. The first-order valence-electron chi connectivity index (χ1n) is 9.61. The highest BCUT2D eigenvalue weighted by molar-refractivity contribution is 5.94. The van der Waals surface area contributed by atoms with Crippen molar-refractivity contribution in [2.45, 2.75) is 19.4 Å². The summed E-state index contributed by atoms with van der Waals surface area (Å²) in [6.07, 6.45) is 1.08. The molecular weight excluding hydrogens is 338 g/mol. The average molecular weight is 367 g/mol. The highest BCUT2D eigenvalue weighted by atomic mass is 16.5. The summed E-state index contributed by atoms with van der Waals surface area (Å²) in [6, 6.07) is 17.9. The van der Waals surface area contributed by atoms with Gasteiger partial charge in [0.1, 0.15) is 5.75 Å². The number of hydrogen-bond donors (Lipinski definition) is 1. The maximum absolute atomic E-state index is 12.6. The Labute approximate surface area is 161 Å².